The first-order valence-electron chi connectivity index (χ1n) is 4.96. The van der Waals surface area contributed by atoms with Gasteiger partial charge in [0.25, 0.3) is 0 Å². The van der Waals surface area contributed by atoms with E-state index < -0.39 is 15.7 Å². The van der Waals surface area contributed by atoms with Gasteiger partial charge in [-0.2, -0.15) is 0 Å². The maximum absolute atomic E-state index is 13.4. The first kappa shape index (κ1) is 11.7. The molecule has 0 N–H and O–H groups in total. The predicted octanol–water partition coefficient (Wildman–Crippen LogP) is 2.19. The third-order valence-electron chi connectivity index (χ3n) is 2.31. The quantitative estimate of drug-likeness (QED) is 0.840. The number of hydrogen-bond acceptors (Lipinski definition) is 3. The molecule has 1 aromatic heterocycles. The Morgan fingerprint density at radius 1 is 1.06 bits per heavy atom. The average molecular weight is 251 g/mol. The summed E-state index contributed by atoms with van der Waals surface area (Å²) in [5.74, 6) is -0.853. The summed E-state index contributed by atoms with van der Waals surface area (Å²) in [7, 11) is -3.52. The van der Waals surface area contributed by atoms with Gasteiger partial charge in [-0.25, -0.2) is 12.8 Å². The van der Waals surface area contributed by atoms with Crippen LogP contribution in [0.25, 0.3) is 0 Å². The van der Waals surface area contributed by atoms with E-state index in [1.807, 2.05) is 0 Å². The Labute approximate surface area is 98.9 Å². The fourth-order valence-corrected chi connectivity index (χ4v) is 2.80. The second-order valence-electron chi connectivity index (χ2n) is 3.53. The van der Waals surface area contributed by atoms with Crippen LogP contribution in [0.3, 0.4) is 0 Å². The zero-order chi connectivity index (χ0) is 12.3. The Morgan fingerprint density at radius 3 is 2.35 bits per heavy atom. The smallest absolute Gasteiger partial charge is 0.182 e. The normalized spacial score (nSPS) is 11.4. The second kappa shape index (κ2) is 4.63. The van der Waals surface area contributed by atoms with Crippen LogP contribution in [0, 0.1) is 5.82 Å². The first-order chi connectivity index (χ1) is 8.09. The molecule has 3 nitrogen and oxygen atoms in total. The predicted molar refractivity (Wildman–Crippen MR) is 61.5 cm³/mol. The molecule has 0 bridgehead atoms. The number of nitrogens with zero attached hydrogens (tertiary/aromatic N) is 1. The monoisotopic (exact) mass is 251 g/mol. The van der Waals surface area contributed by atoms with Gasteiger partial charge in [0, 0.05) is 18.0 Å². The van der Waals surface area contributed by atoms with E-state index in [1.54, 1.807) is 6.07 Å². The summed E-state index contributed by atoms with van der Waals surface area (Å²) in [5, 5.41) is 0. The van der Waals surface area contributed by atoms with Gasteiger partial charge in [-0.1, -0.05) is 18.2 Å². The molecule has 17 heavy (non-hydrogen) atoms. The van der Waals surface area contributed by atoms with E-state index in [4.69, 9.17) is 0 Å². The SMILES string of the molecule is O=S(=O)(Cc1ccccc1F)c1ccncc1. The van der Waals surface area contributed by atoms with E-state index in [0.717, 1.165) is 0 Å². The molecule has 0 fully saturated rings. The molecule has 0 amide bonds. The van der Waals surface area contributed by atoms with Crippen molar-refractivity contribution in [3.63, 3.8) is 0 Å². The van der Waals surface area contributed by atoms with Gasteiger partial charge < -0.3 is 0 Å². The van der Waals surface area contributed by atoms with Crippen molar-refractivity contribution >= 4 is 9.84 Å². The highest BCUT2D eigenvalue weighted by molar-refractivity contribution is 7.90. The Kier molecular flexibility index (Phi) is 3.19. The summed E-state index contributed by atoms with van der Waals surface area (Å²) < 4.78 is 37.3. The third kappa shape index (κ3) is 2.68. The summed E-state index contributed by atoms with van der Waals surface area (Å²) in [5.41, 5.74) is 0.171. The topological polar surface area (TPSA) is 47.0 Å². The zero-order valence-electron chi connectivity index (χ0n) is 8.88. The number of hydrogen-bond donors (Lipinski definition) is 0. The highest BCUT2D eigenvalue weighted by Gasteiger charge is 2.16. The number of halogens is 1. The Balaban J connectivity index is 2.34. The number of sulfone groups is 1. The minimum Gasteiger partial charge on any atom is -0.265 e. The molecule has 0 spiro atoms. The molecule has 88 valence electrons. The highest BCUT2D eigenvalue weighted by Crippen LogP contribution is 2.17. The van der Waals surface area contributed by atoms with Gasteiger partial charge in [-0.3, -0.25) is 4.98 Å². The van der Waals surface area contributed by atoms with Crippen LogP contribution >= 0.6 is 0 Å². The zero-order valence-corrected chi connectivity index (χ0v) is 9.69. The number of benzene rings is 1. The fraction of sp³-hybridized carbons (Fsp3) is 0.0833. The summed E-state index contributed by atoms with van der Waals surface area (Å²) in [6.07, 6.45) is 2.79. The van der Waals surface area contributed by atoms with Crippen molar-refractivity contribution in [1.82, 2.24) is 4.98 Å². The van der Waals surface area contributed by atoms with Gasteiger partial charge in [-0.15, -0.1) is 0 Å². The van der Waals surface area contributed by atoms with Crippen LogP contribution in [0.1, 0.15) is 5.56 Å². The Morgan fingerprint density at radius 2 is 1.71 bits per heavy atom. The molecule has 0 aliphatic carbocycles. The van der Waals surface area contributed by atoms with E-state index in [0.29, 0.717) is 0 Å². The Bertz CT molecular complexity index is 611. The van der Waals surface area contributed by atoms with E-state index in [9.17, 15) is 12.8 Å². The van der Waals surface area contributed by atoms with Crippen molar-refractivity contribution < 1.29 is 12.8 Å². The van der Waals surface area contributed by atoms with Gasteiger partial charge in [0.1, 0.15) is 5.82 Å². The van der Waals surface area contributed by atoms with Crippen molar-refractivity contribution in [2.75, 3.05) is 0 Å². The van der Waals surface area contributed by atoms with Gasteiger partial charge in [0.05, 0.1) is 10.6 Å². The number of pyridine rings is 1. The highest BCUT2D eigenvalue weighted by atomic mass is 32.2. The largest absolute Gasteiger partial charge is 0.265 e. The molecule has 1 heterocycles. The lowest BCUT2D eigenvalue weighted by Crippen LogP contribution is -2.06. The van der Waals surface area contributed by atoms with Crippen molar-refractivity contribution in [2.45, 2.75) is 10.6 Å². The molecule has 5 heteroatoms. The van der Waals surface area contributed by atoms with E-state index in [-0.39, 0.29) is 16.2 Å². The molecular formula is C12H10FNO2S. The molecule has 2 aromatic rings. The minimum absolute atomic E-state index is 0.149. The maximum Gasteiger partial charge on any atom is 0.182 e. The molecule has 1 aromatic carbocycles. The molecule has 0 saturated heterocycles. The number of rotatable bonds is 3. The summed E-state index contributed by atoms with van der Waals surface area (Å²) in [6, 6.07) is 8.65. The molecule has 0 atom stereocenters. The van der Waals surface area contributed by atoms with Gasteiger partial charge in [0.2, 0.25) is 0 Å². The van der Waals surface area contributed by atoms with E-state index >= 15 is 0 Å². The van der Waals surface area contributed by atoms with Gasteiger partial charge >= 0.3 is 0 Å². The lowest BCUT2D eigenvalue weighted by molar-refractivity contribution is 0.587. The fourth-order valence-electron chi connectivity index (χ4n) is 1.45. The van der Waals surface area contributed by atoms with Crippen LogP contribution in [0.15, 0.2) is 53.7 Å². The van der Waals surface area contributed by atoms with Crippen LogP contribution in [0.4, 0.5) is 4.39 Å². The van der Waals surface area contributed by atoms with Gasteiger partial charge in [-0.05, 0) is 18.2 Å². The number of aromatic nitrogens is 1. The summed E-state index contributed by atoms with van der Waals surface area (Å²) >= 11 is 0. The van der Waals surface area contributed by atoms with Gasteiger partial charge in [0.15, 0.2) is 9.84 Å². The molecule has 0 saturated carbocycles. The molecule has 0 aliphatic rings. The summed E-state index contributed by atoms with van der Waals surface area (Å²) in [6.45, 7) is 0. The standard InChI is InChI=1S/C12H10FNO2S/c13-12-4-2-1-3-10(12)9-17(15,16)11-5-7-14-8-6-11/h1-8H,9H2. The van der Waals surface area contributed by atoms with Crippen LogP contribution < -0.4 is 0 Å². The lowest BCUT2D eigenvalue weighted by atomic mass is 10.2. The van der Waals surface area contributed by atoms with Crippen molar-refractivity contribution in [1.29, 1.82) is 0 Å². The van der Waals surface area contributed by atoms with Crippen molar-refractivity contribution in [2.24, 2.45) is 0 Å². The van der Waals surface area contributed by atoms with Crippen LogP contribution in [0.2, 0.25) is 0 Å². The van der Waals surface area contributed by atoms with E-state index in [2.05, 4.69) is 4.98 Å². The third-order valence-corrected chi connectivity index (χ3v) is 3.99. The molecule has 0 unspecified atom stereocenters. The minimum atomic E-state index is -3.52. The first-order valence-corrected chi connectivity index (χ1v) is 6.61. The summed E-state index contributed by atoms with van der Waals surface area (Å²) in [4.78, 5) is 3.89. The van der Waals surface area contributed by atoms with Crippen LogP contribution in [-0.4, -0.2) is 13.4 Å². The van der Waals surface area contributed by atoms with Crippen molar-refractivity contribution in [3.8, 4) is 0 Å². The molecular weight excluding hydrogens is 241 g/mol. The van der Waals surface area contributed by atoms with Crippen LogP contribution in [-0.2, 0) is 15.6 Å². The Hall–Kier alpha value is -1.75. The van der Waals surface area contributed by atoms with Crippen molar-refractivity contribution in [3.05, 3.63) is 60.2 Å². The maximum atomic E-state index is 13.4. The second-order valence-corrected chi connectivity index (χ2v) is 5.52. The average Bonchev–Trinajstić information content (AvgIpc) is 2.33. The lowest BCUT2D eigenvalue weighted by Gasteiger charge is -2.05. The van der Waals surface area contributed by atoms with E-state index in [1.165, 1.54) is 42.7 Å². The molecule has 0 radical (unpaired) electrons. The van der Waals surface area contributed by atoms with Crippen LogP contribution in [0.5, 0.6) is 0 Å². The molecule has 0 aliphatic heterocycles. The molecule has 2 rings (SSSR count).